The SMILES string of the molecule is O=C(Cc1ccc(F)cc1)Nc1ccc(-n2cc(Cl)cn2)cc1. The fraction of sp³-hybridized carbons (Fsp3) is 0.0588. The van der Waals surface area contributed by atoms with Gasteiger partial charge in [0, 0.05) is 11.9 Å². The number of hydrogen-bond donors (Lipinski definition) is 1. The topological polar surface area (TPSA) is 46.9 Å². The molecule has 0 fully saturated rings. The first-order valence-corrected chi connectivity index (χ1v) is 7.33. The third-order valence-electron chi connectivity index (χ3n) is 3.24. The van der Waals surface area contributed by atoms with Crippen LogP contribution in [0.5, 0.6) is 0 Å². The Bertz CT molecular complexity index is 813. The first-order valence-electron chi connectivity index (χ1n) is 6.95. The summed E-state index contributed by atoms with van der Waals surface area (Å²) in [5.74, 6) is -0.477. The van der Waals surface area contributed by atoms with Gasteiger partial charge in [0.2, 0.25) is 5.91 Å². The van der Waals surface area contributed by atoms with E-state index < -0.39 is 0 Å². The molecule has 2 aromatic carbocycles. The van der Waals surface area contributed by atoms with Crippen molar-refractivity contribution in [1.82, 2.24) is 9.78 Å². The largest absolute Gasteiger partial charge is 0.326 e. The summed E-state index contributed by atoms with van der Waals surface area (Å²) in [5, 5.41) is 7.46. The fourth-order valence-corrected chi connectivity index (χ4v) is 2.27. The van der Waals surface area contributed by atoms with Crippen LogP contribution < -0.4 is 5.32 Å². The predicted octanol–water partition coefficient (Wildman–Crippen LogP) is 3.85. The number of nitrogens with zero attached hydrogens (tertiary/aromatic N) is 2. The van der Waals surface area contributed by atoms with Gasteiger partial charge in [0.05, 0.1) is 23.3 Å². The molecule has 0 aliphatic carbocycles. The molecule has 3 rings (SSSR count). The smallest absolute Gasteiger partial charge is 0.228 e. The first-order chi connectivity index (χ1) is 11.1. The van der Waals surface area contributed by atoms with Crippen molar-refractivity contribution in [2.75, 3.05) is 5.32 Å². The van der Waals surface area contributed by atoms with Gasteiger partial charge in [-0.25, -0.2) is 9.07 Å². The molecule has 23 heavy (non-hydrogen) atoms. The lowest BCUT2D eigenvalue weighted by Crippen LogP contribution is -2.14. The highest BCUT2D eigenvalue weighted by Crippen LogP contribution is 2.15. The van der Waals surface area contributed by atoms with E-state index in [-0.39, 0.29) is 18.1 Å². The van der Waals surface area contributed by atoms with Crippen LogP contribution in [0.1, 0.15) is 5.56 Å². The van der Waals surface area contributed by atoms with E-state index in [4.69, 9.17) is 11.6 Å². The van der Waals surface area contributed by atoms with E-state index >= 15 is 0 Å². The molecule has 6 heteroatoms. The van der Waals surface area contributed by atoms with Gasteiger partial charge in [0.1, 0.15) is 5.82 Å². The van der Waals surface area contributed by atoms with Crippen molar-refractivity contribution in [2.24, 2.45) is 0 Å². The number of rotatable bonds is 4. The maximum absolute atomic E-state index is 12.8. The molecule has 0 aliphatic rings. The van der Waals surface area contributed by atoms with Crippen LogP contribution in [0.15, 0.2) is 60.9 Å². The van der Waals surface area contributed by atoms with E-state index in [9.17, 15) is 9.18 Å². The minimum Gasteiger partial charge on any atom is -0.326 e. The van der Waals surface area contributed by atoms with Crippen LogP contribution in [0.3, 0.4) is 0 Å². The lowest BCUT2D eigenvalue weighted by molar-refractivity contribution is -0.115. The van der Waals surface area contributed by atoms with Crippen molar-refractivity contribution in [3.8, 4) is 5.69 Å². The Morgan fingerprint density at radius 1 is 1.13 bits per heavy atom. The van der Waals surface area contributed by atoms with Gasteiger partial charge in [-0.2, -0.15) is 5.10 Å². The molecule has 1 aromatic heterocycles. The molecule has 0 aliphatic heterocycles. The van der Waals surface area contributed by atoms with Crippen molar-refractivity contribution >= 4 is 23.2 Å². The predicted molar refractivity (Wildman–Crippen MR) is 87.3 cm³/mol. The summed E-state index contributed by atoms with van der Waals surface area (Å²) in [6.45, 7) is 0. The van der Waals surface area contributed by atoms with Gasteiger partial charge in [-0.1, -0.05) is 23.7 Å². The van der Waals surface area contributed by atoms with Crippen LogP contribution in [0, 0.1) is 5.82 Å². The molecule has 0 unspecified atom stereocenters. The minimum atomic E-state index is -0.316. The monoisotopic (exact) mass is 329 g/mol. The van der Waals surface area contributed by atoms with Crippen molar-refractivity contribution < 1.29 is 9.18 Å². The Morgan fingerprint density at radius 2 is 1.83 bits per heavy atom. The van der Waals surface area contributed by atoms with Gasteiger partial charge in [0.25, 0.3) is 0 Å². The second-order valence-electron chi connectivity index (χ2n) is 5.00. The summed E-state index contributed by atoms with van der Waals surface area (Å²) in [6.07, 6.45) is 3.44. The molecule has 0 atom stereocenters. The van der Waals surface area contributed by atoms with E-state index in [1.165, 1.54) is 12.1 Å². The second kappa shape index (κ2) is 6.62. The molecule has 3 aromatic rings. The number of benzene rings is 2. The zero-order valence-electron chi connectivity index (χ0n) is 12.0. The number of amides is 1. The number of hydrogen-bond acceptors (Lipinski definition) is 2. The van der Waals surface area contributed by atoms with Crippen LogP contribution in [-0.2, 0) is 11.2 Å². The van der Waals surface area contributed by atoms with Crippen molar-refractivity contribution in [1.29, 1.82) is 0 Å². The highest BCUT2D eigenvalue weighted by Gasteiger charge is 2.05. The zero-order chi connectivity index (χ0) is 16.2. The summed E-state index contributed by atoms with van der Waals surface area (Å²) in [6, 6.07) is 13.1. The molecule has 1 heterocycles. The third-order valence-corrected chi connectivity index (χ3v) is 3.44. The summed E-state index contributed by atoms with van der Waals surface area (Å²) in [4.78, 5) is 12.0. The molecule has 0 saturated carbocycles. The van der Waals surface area contributed by atoms with Crippen LogP contribution in [0.4, 0.5) is 10.1 Å². The quantitative estimate of drug-likeness (QED) is 0.790. The third kappa shape index (κ3) is 3.96. The van der Waals surface area contributed by atoms with E-state index in [1.54, 1.807) is 41.3 Å². The van der Waals surface area contributed by atoms with Crippen molar-refractivity contribution in [3.63, 3.8) is 0 Å². The first kappa shape index (κ1) is 15.2. The number of nitrogens with one attached hydrogen (secondary N) is 1. The van der Waals surface area contributed by atoms with Gasteiger partial charge in [0.15, 0.2) is 0 Å². The maximum Gasteiger partial charge on any atom is 0.228 e. The molecule has 116 valence electrons. The second-order valence-corrected chi connectivity index (χ2v) is 5.44. The number of carbonyl (C=O) groups excluding carboxylic acids is 1. The number of aromatic nitrogens is 2. The summed E-state index contributed by atoms with van der Waals surface area (Å²) in [7, 11) is 0. The van der Waals surface area contributed by atoms with Gasteiger partial charge in [-0.15, -0.1) is 0 Å². The summed E-state index contributed by atoms with van der Waals surface area (Å²) < 4.78 is 14.5. The molecular weight excluding hydrogens is 317 g/mol. The van der Waals surface area contributed by atoms with Crippen LogP contribution in [0.2, 0.25) is 5.02 Å². The highest BCUT2D eigenvalue weighted by molar-refractivity contribution is 6.30. The zero-order valence-corrected chi connectivity index (χ0v) is 12.8. The normalized spacial score (nSPS) is 10.5. The molecule has 4 nitrogen and oxygen atoms in total. The van der Waals surface area contributed by atoms with E-state index in [1.807, 2.05) is 12.1 Å². The Balaban J connectivity index is 1.63. The average Bonchev–Trinajstić information content (AvgIpc) is 2.97. The molecule has 0 bridgehead atoms. The van der Waals surface area contributed by atoms with Crippen LogP contribution in [0.25, 0.3) is 5.69 Å². The van der Waals surface area contributed by atoms with Gasteiger partial charge >= 0.3 is 0 Å². The van der Waals surface area contributed by atoms with Crippen LogP contribution >= 0.6 is 11.6 Å². The highest BCUT2D eigenvalue weighted by atomic mass is 35.5. The Morgan fingerprint density at radius 3 is 2.43 bits per heavy atom. The number of carbonyl (C=O) groups is 1. The van der Waals surface area contributed by atoms with E-state index in [0.29, 0.717) is 10.7 Å². The molecule has 0 saturated heterocycles. The van der Waals surface area contributed by atoms with E-state index in [2.05, 4.69) is 10.4 Å². The molecule has 1 N–H and O–H groups in total. The Hall–Kier alpha value is -2.66. The number of halogens is 2. The van der Waals surface area contributed by atoms with Gasteiger partial charge in [-0.05, 0) is 42.0 Å². The Kier molecular flexibility index (Phi) is 4.39. The molecule has 0 radical (unpaired) electrons. The molecular formula is C17H13ClFN3O. The Labute approximate surface area is 137 Å². The molecule has 0 spiro atoms. The summed E-state index contributed by atoms with van der Waals surface area (Å²) in [5.41, 5.74) is 2.28. The van der Waals surface area contributed by atoms with Crippen molar-refractivity contribution in [2.45, 2.75) is 6.42 Å². The van der Waals surface area contributed by atoms with Crippen molar-refractivity contribution in [3.05, 3.63) is 77.3 Å². The van der Waals surface area contributed by atoms with E-state index in [0.717, 1.165) is 11.3 Å². The molecule has 1 amide bonds. The van der Waals surface area contributed by atoms with Crippen LogP contribution in [-0.4, -0.2) is 15.7 Å². The average molecular weight is 330 g/mol. The fourth-order valence-electron chi connectivity index (χ4n) is 2.13. The lowest BCUT2D eigenvalue weighted by atomic mass is 10.1. The standard InChI is InChI=1S/C17H13ClFN3O/c18-13-10-20-22(11-13)16-7-5-15(6-8-16)21-17(23)9-12-1-3-14(19)4-2-12/h1-8,10-11H,9H2,(H,21,23). The van der Waals surface area contributed by atoms with Gasteiger partial charge < -0.3 is 5.32 Å². The summed E-state index contributed by atoms with van der Waals surface area (Å²) >= 11 is 5.83. The lowest BCUT2D eigenvalue weighted by Gasteiger charge is -2.07. The minimum absolute atomic E-state index is 0.161. The maximum atomic E-state index is 12.8. The number of anilines is 1. The van der Waals surface area contributed by atoms with Gasteiger partial charge in [-0.3, -0.25) is 4.79 Å².